The van der Waals surface area contributed by atoms with Crippen molar-refractivity contribution in [1.29, 1.82) is 0 Å². The summed E-state index contributed by atoms with van der Waals surface area (Å²) in [6.07, 6.45) is 4.71. The van der Waals surface area contributed by atoms with Gasteiger partial charge in [-0.1, -0.05) is 11.6 Å². The summed E-state index contributed by atoms with van der Waals surface area (Å²) in [5.74, 6) is -0.304. The lowest BCUT2D eigenvalue weighted by Gasteiger charge is -2.37. The number of sulfonamides is 1. The van der Waals surface area contributed by atoms with E-state index in [-0.39, 0.29) is 21.9 Å². The van der Waals surface area contributed by atoms with Crippen LogP contribution in [0.2, 0.25) is 5.02 Å². The topological polar surface area (TPSA) is 79.0 Å². The molecule has 0 unspecified atom stereocenters. The lowest BCUT2D eigenvalue weighted by Crippen LogP contribution is -2.55. The number of nitrogens with one attached hydrogen (secondary N) is 1. The SMILES string of the molecule is CSCC[C@@H](NS(=O)(=O)c1ccc(F)c(Cl)c1)C(=O)N1CCN(C[C@@H]2CCCO2)CC1. The van der Waals surface area contributed by atoms with Crippen LogP contribution in [0.1, 0.15) is 19.3 Å². The van der Waals surface area contributed by atoms with E-state index >= 15 is 0 Å². The zero-order valence-electron chi connectivity index (χ0n) is 17.6. The van der Waals surface area contributed by atoms with Gasteiger partial charge in [-0.2, -0.15) is 16.5 Å². The molecule has 0 aromatic heterocycles. The van der Waals surface area contributed by atoms with E-state index < -0.39 is 21.9 Å². The van der Waals surface area contributed by atoms with Crippen LogP contribution >= 0.6 is 23.4 Å². The van der Waals surface area contributed by atoms with Gasteiger partial charge in [-0.15, -0.1) is 0 Å². The number of amides is 1. The number of halogens is 2. The van der Waals surface area contributed by atoms with Gasteiger partial charge in [-0.25, -0.2) is 12.8 Å². The van der Waals surface area contributed by atoms with Crippen LogP contribution in [0.3, 0.4) is 0 Å². The third-order valence-electron chi connectivity index (χ3n) is 5.58. The first-order valence-corrected chi connectivity index (χ1v) is 13.6. The minimum atomic E-state index is -4.02. The maximum atomic E-state index is 13.4. The maximum absolute atomic E-state index is 13.4. The third-order valence-corrected chi connectivity index (χ3v) is 7.98. The number of rotatable bonds is 9. The highest BCUT2D eigenvalue weighted by atomic mass is 35.5. The van der Waals surface area contributed by atoms with Gasteiger partial charge in [0.05, 0.1) is 16.0 Å². The maximum Gasteiger partial charge on any atom is 0.241 e. The molecule has 11 heteroatoms. The second kappa shape index (κ2) is 11.3. The van der Waals surface area contributed by atoms with Crippen molar-refractivity contribution in [1.82, 2.24) is 14.5 Å². The fourth-order valence-corrected chi connectivity index (χ4v) is 5.78. The normalized spacial score (nSPS) is 21.4. The number of piperazine rings is 1. The van der Waals surface area contributed by atoms with E-state index in [1.54, 1.807) is 4.90 Å². The minimum absolute atomic E-state index is 0.165. The van der Waals surface area contributed by atoms with Crippen LogP contribution in [0.15, 0.2) is 23.1 Å². The van der Waals surface area contributed by atoms with E-state index in [1.807, 2.05) is 6.26 Å². The summed E-state index contributed by atoms with van der Waals surface area (Å²) in [4.78, 5) is 17.0. The van der Waals surface area contributed by atoms with Crippen LogP contribution in [0, 0.1) is 5.82 Å². The average Bonchev–Trinajstić information content (AvgIpc) is 3.26. The van der Waals surface area contributed by atoms with E-state index in [2.05, 4.69) is 9.62 Å². The Bertz CT molecular complexity index is 860. The lowest BCUT2D eigenvalue weighted by molar-refractivity contribution is -0.135. The molecule has 31 heavy (non-hydrogen) atoms. The van der Waals surface area contributed by atoms with Gasteiger partial charge >= 0.3 is 0 Å². The molecular formula is C20H29ClFN3O4S2. The zero-order valence-corrected chi connectivity index (χ0v) is 19.9. The Morgan fingerprint density at radius 3 is 2.71 bits per heavy atom. The zero-order chi connectivity index (χ0) is 22.4. The largest absolute Gasteiger partial charge is 0.377 e. The molecule has 7 nitrogen and oxygen atoms in total. The van der Waals surface area contributed by atoms with E-state index in [1.165, 1.54) is 11.8 Å². The molecule has 0 bridgehead atoms. The molecule has 2 aliphatic rings. The highest BCUT2D eigenvalue weighted by molar-refractivity contribution is 7.98. The van der Waals surface area contributed by atoms with Crippen molar-refractivity contribution in [3.05, 3.63) is 29.0 Å². The first-order chi connectivity index (χ1) is 14.8. The summed E-state index contributed by atoms with van der Waals surface area (Å²) in [5, 5.41) is -0.280. The van der Waals surface area contributed by atoms with Crippen LogP contribution < -0.4 is 4.72 Å². The van der Waals surface area contributed by atoms with Gasteiger partial charge in [0.15, 0.2) is 0 Å². The predicted octanol–water partition coefficient (Wildman–Crippen LogP) is 2.20. The fraction of sp³-hybridized carbons (Fsp3) is 0.650. The van der Waals surface area contributed by atoms with Crippen molar-refractivity contribution >= 4 is 39.3 Å². The van der Waals surface area contributed by atoms with E-state index in [9.17, 15) is 17.6 Å². The second-order valence-electron chi connectivity index (χ2n) is 7.79. The quantitative estimate of drug-likeness (QED) is 0.568. The van der Waals surface area contributed by atoms with Gasteiger partial charge in [-0.3, -0.25) is 9.69 Å². The van der Waals surface area contributed by atoms with Crippen LogP contribution in [0.5, 0.6) is 0 Å². The average molecular weight is 494 g/mol. The summed E-state index contributed by atoms with van der Waals surface area (Å²) in [6, 6.07) is 2.32. The summed E-state index contributed by atoms with van der Waals surface area (Å²) < 4.78 is 47.2. The number of benzene rings is 1. The highest BCUT2D eigenvalue weighted by Gasteiger charge is 2.32. The van der Waals surface area contributed by atoms with Crippen molar-refractivity contribution in [2.24, 2.45) is 0 Å². The smallest absolute Gasteiger partial charge is 0.241 e. The number of hydrogen-bond acceptors (Lipinski definition) is 6. The minimum Gasteiger partial charge on any atom is -0.377 e. The van der Waals surface area contributed by atoms with Crippen LogP contribution in [0.25, 0.3) is 0 Å². The Balaban J connectivity index is 1.62. The lowest BCUT2D eigenvalue weighted by atomic mass is 10.1. The number of hydrogen-bond donors (Lipinski definition) is 1. The monoisotopic (exact) mass is 493 g/mol. The Morgan fingerprint density at radius 2 is 2.10 bits per heavy atom. The Hall–Kier alpha value is -0.910. The number of carbonyl (C=O) groups excluding carboxylic acids is 1. The molecule has 0 radical (unpaired) electrons. The Morgan fingerprint density at radius 1 is 1.35 bits per heavy atom. The van der Waals surface area contributed by atoms with E-state index in [4.69, 9.17) is 16.3 Å². The van der Waals surface area contributed by atoms with Crippen molar-refractivity contribution in [3.8, 4) is 0 Å². The Kier molecular flexibility index (Phi) is 9.01. The third kappa shape index (κ3) is 6.79. The molecule has 3 rings (SSSR count). The number of thioether (sulfide) groups is 1. The molecule has 2 fully saturated rings. The molecule has 0 aliphatic carbocycles. The van der Waals surface area contributed by atoms with Gasteiger partial charge in [0.2, 0.25) is 15.9 Å². The first-order valence-electron chi connectivity index (χ1n) is 10.4. The van der Waals surface area contributed by atoms with Gasteiger partial charge in [0.1, 0.15) is 11.9 Å². The van der Waals surface area contributed by atoms with Crippen molar-refractivity contribution in [2.45, 2.75) is 36.3 Å². The standard InChI is InChI=1S/C20H29ClFN3O4S2/c1-30-12-6-19(23-31(27,28)16-4-5-18(22)17(21)13-16)20(26)25-9-7-24(8-10-25)14-15-3-2-11-29-15/h4-5,13,15,19,23H,2-3,6-12,14H2,1H3/t15-,19+/m0/s1. The molecule has 0 saturated carbocycles. The van der Waals surface area contributed by atoms with Crippen LogP contribution in [-0.2, 0) is 19.6 Å². The molecule has 1 aromatic rings. The number of nitrogens with zero attached hydrogens (tertiary/aromatic N) is 2. The van der Waals surface area contributed by atoms with Gasteiger partial charge in [0.25, 0.3) is 0 Å². The van der Waals surface area contributed by atoms with Gasteiger partial charge in [0, 0.05) is 39.3 Å². The molecule has 2 atom stereocenters. The van der Waals surface area contributed by atoms with E-state index in [0.717, 1.165) is 57.3 Å². The molecular weight excluding hydrogens is 465 g/mol. The first kappa shape index (κ1) is 24.7. The summed E-state index contributed by atoms with van der Waals surface area (Å²) in [6.45, 7) is 4.26. The predicted molar refractivity (Wildman–Crippen MR) is 121 cm³/mol. The summed E-state index contributed by atoms with van der Waals surface area (Å²) in [7, 11) is -4.02. The summed E-state index contributed by atoms with van der Waals surface area (Å²) >= 11 is 7.28. The molecule has 174 valence electrons. The van der Waals surface area contributed by atoms with Crippen molar-refractivity contribution in [3.63, 3.8) is 0 Å². The fourth-order valence-electron chi connectivity index (χ4n) is 3.82. The van der Waals surface area contributed by atoms with Crippen LogP contribution in [0.4, 0.5) is 4.39 Å². The van der Waals surface area contributed by atoms with Gasteiger partial charge < -0.3 is 9.64 Å². The molecule has 1 aromatic carbocycles. The number of ether oxygens (including phenoxy) is 1. The summed E-state index contributed by atoms with van der Waals surface area (Å²) in [5.41, 5.74) is 0. The molecule has 2 aliphatic heterocycles. The van der Waals surface area contributed by atoms with Crippen LogP contribution in [-0.4, -0.2) is 87.6 Å². The highest BCUT2D eigenvalue weighted by Crippen LogP contribution is 2.21. The molecule has 2 saturated heterocycles. The van der Waals surface area contributed by atoms with Crippen molar-refractivity contribution in [2.75, 3.05) is 51.3 Å². The molecule has 2 heterocycles. The van der Waals surface area contributed by atoms with E-state index in [0.29, 0.717) is 25.3 Å². The van der Waals surface area contributed by atoms with Gasteiger partial charge in [-0.05, 0) is 49.5 Å². The molecule has 0 spiro atoms. The number of carbonyl (C=O) groups is 1. The van der Waals surface area contributed by atoms with Crippen molar-refractivity contribution < 1.29 is 22.3 Å². The Labute approximate surface area is 192 Å². The second-order valence-corrected chi connectivity index (χ2v) is 10.9. The molecule has 1 N–H and O–H groups in total. The molecule has 1 amide bonds.